The average molecular weight is 273 g/mol. The molecular formula is C10H12FN3O3S. The molecule has 1 aromatic rings. The number of hydrogen-bond donors (Lipinski definition) is 1. The number of nitrogens with zero attached hydrogens (tertiary/aromatic N) is 2. The predicted molar refractivity (Wildman–Crippen MR) is 64.6 cm³/mol. The maximum absolute atomic E-state index is 12.8. The van der Waals surface area contributed by atoms with Gasteiger partial charge >= 0.3 is 10.2 Å². The van der Waals surface area contributed by atoms with E-state index in [1.165, 1.54) is 11.1 Å². The molecule has 1 saturated heterocycles. The van der Waals surface area contributed by atoms with Crippen LogP contribution in [0.25, 0.3) is 0 Å². The fourth-order valence-electron chi connectivity index (χ4n) is 1.81. The highest BCUT2D eigenvalue weighted by Crippen LogP contribution is 2.25. The molecule has 0 saturated carbocycles. The summed E-state index contributed by atoms with van der Waals surface area (Å²) in [5.74, 6) is 0.209. The van der Waals surface area contributed by atoms with Crippen LogP contribution in [0.3, 0.4) is 0 Å². The zero-order valence-corrected chi connectivity index (χ0v) is 10.4. The maximum Gasteiger partial charge on any atom is 0.307 e. The molecule has 2 heterocycles. The van der Waals surface area contributed by atoms with Crippen molar-refractivity contribution < 1.29 is 17.1 Å². The Kier molecular flexibility index (Phi) is 3.20. The molecule has 0 bridgehead atoms. The van der Waals surface area contributed by atoms with E-state index >= 15 is 0 Å². The lowest BCUT2D eigenvalue weighted by Gasteiger charge is -2.15. The van der Waals surface area contributed by atoms with E-state index in [0.717, 1.165) is 0 Å². The van der Waals surface area contributed by atoms with E-state index in [0.29, 0.717) is 11.5 Å². The quantitative estimate of drug-likeness (QED) is 0.813. The van der Waals surface area contributed by atoms with Gasteiger partial charge in [-0.15, -0.1) is 3.89 Å². The Morgan fingerprint density at radius 3 is 2.67 bits per heavy atom. The number of aromatic nitrogens is 1. The number of pyridine rings is 1. The third-order valence-electron chi connectivity index (χ3n) is 2.80. The Bertz CT molecular complexity index is 558. The van der Waals surface area contributed by atoms with Gasteiger partial charge in [0.2, 0.25) is 5.91 Å². The van der Waals surface area contributed by atoms with Crippen LogP contribution in [0.4, 0.5) is 15.4 Å². The summed E-state index contributed by atoms with van der Waals surface area (Å²) in [6.07, 6.45) is 1.11. The molecule has 98 valence electrons. The Labute approximate surface area is 104 Å². The highest BCUT2D eigenvalue weighted by molar-refractivity contribution is 7.87. The van der Waals surface area contributed by atoms with Gasteiger partial charge in [0.05, 0.1) is 11.9 Å². The van der Waals surface area contributed by atoms with Gasteiger partial charge in [0.1, 0.15) is 11.1 Å². The van der Waals surface area contributed by atoms with E-state index in [2.05, 4.69) is 10.3 Å². The zero-order chi connectivity index (χ0) is 13.3. The molecule has 8 heteroatoms. The second kappa shape index (κ2) is 4.52. The van der Waals surface area contributed by atoms with Crippen LogP contribution in [0.15, 0.2) is 18.3 Å². The van der Waals surface area contributed by atoms with E-state index in [1.54, 1.807) is 19.2 Å². The van der Waals surface area contributed by atoms with Crippen LogP contribution in [0.2, 0.25) is 0 Å². The zero-order valence-electron chi connectivity index (χ0n) is 9.63. The minimum absolute atomic E-state index is 0.168. The first kappa shape index (κ1) is 12.7. The van der Waals surface area contributed by atoms with Crippen LogP contribution in [0, 0.1) is 0 Å². The van der Waals surface area contributed by atoms with Gasteiger partial charge in [-0.2, -0.15) is 8.42 Å². The lowest BCUT2D eigenvalue weighted by atomic mass is 10.3. The molecule has 1 N–H and O–H groups in total. The van der Waals surface area contributed by atoms with Gasteiger partial charge in [-0.05, 0) is 12.1 Å². The van der Waals surface area contributed by atoms with Crippen molar-refractivity contribution in [3.63, 3.8) is 0 Å². The van der Waals surface area contributed by atoms with E-state index in [-0.39, 0.29) is 13.0 Å². The molecule has 0 aromatic carbocycles. The fourth-order valence-corrected chi connectivity index (χ4v) is 2.48. The van der Waals surface area contributed by atoms with Gasteiger partial charge in [-0.25, -0.2) is 4.98 Å². The second-order valence-corrected chi connectivity index (χ2v) is 5.58. The van der Waals surface area contributed by atoms with Gasteiger partial charge < -0.3 is 10.2 Å². The number of carbonyl (C=O) groups is 1. The van der Waals surface area contributed by atoms with Gasteiger partial charge in [0.25, 0.3) is 0 Å². The Morgan fingerprint density at radius 2 is 2.22 bits per heavy atom. The first-order valence-electron chi connectivity index (χ1n) is 5.29. The molecule has 1 unspecified atom stereocenters. The van der Waals surface area contributed by atoms with Crippen molar-refractivity contribution in [2.24, 2.45) is 0 Å². The van der Waals surface area contributed by atoms with Crippen molar-refractivity contribution in [2.75, 3.05) is 23.8 Å². The summed E-state index contributed by atoms with van der Waals surface area (Å²) in [6, 6.07) is 3.28. The summed E-state index contributed by atoms with van der Waals surface area (Å²) >= 11 is 0. The van der Waals surface area contributed by atoms with E-state index in [9.17, 15) is 17.1 Å². The molecule has 1 fully saturated rings. The Hall–Kier alpha value is -1.70. The summed E-state index contributed by atoms with van der Waals surface area (Å²) in [6.45, 7) is -0.168. The fraction of sp³-hybridized carbons (Fsp3) is 0.400. The highest BCUT2D eigenvalue weighted by Gasteiger charge is 2.39. The average Bonchev–Trinajstić information content (AvgIpc) is 2.71. The molecule has 0 spiro atoms. The smallest absolute Gasteiger partial charge is 0.307 e. The first-order valence-corrected chi connectivity index (χ1v) is 6.74. The van der Waals surface area contributed by atoms with Crippen LogP contribution in [0.5, 0.6) is 0 Å². The van der Waals surface area contributed by atoms with Crippen LogP contribution < -0.4 is 10.2 Å². The summed E-state index contributed by atoms with van der Waals surface area (Å²) in [5.41, 5.74) is 0.463. The molecule has 1 amide bonds. The van der Waals surface area contributed by atoms with Crippen molar-refractivity contribution in [3.8, 4) is 0 Å². The van der Waals surface area contributed by atoms with Crippen molar-refractivity contribution in [1.82, 2.24) is 4.98 Å². The number of rotatable bonds is 3. The van der Waals surface area contributed by atoms with E-state index in [1.807, 2.05) is 0 Å². The summed E-state index contributed by atoms with van der Waals surface area (Å²) in [4.78, 5) is 16.9. The molecule has 6 nitrogen and oxygen atoms in total. The molecule has 1 aliphatic rings. The molecule has 1 atom stereocenters. The third-order valence-corrected chi connectivity index (χ3v) is 3.92. The van der Waals surface area contributed by atoms with Gasteiger partial charge in [-0.1, -0.05) is 0 Å². The van der Waals surface area contributed by atoms with Crippen molar-refractivity contribution in [2.45, 2.75) is 11.7 Å². The number of hydrogen-bond acceptors (Lipinski definition) is 5. The Balaban J connectivity index is 2.21. The molecule has 1 aromatic heterocycles. The molecule has 2 rings (SSSR count). The lowest BCUT2D eigenvalue weighted by molar-refractivity contribution is -0.117. The first-order chi connectivity index (χ1) is 8.41. The van der Waals surface area contributed by atoms with Gasteiger partial charge in [0.15, 0.2) is 0 Å². The molecular weight excluding hydrogens is 261 g/mol. The number of halogens is 1. The van der Waals surface area contributed by atoms with Gasteiger partial charge in [-0.3, -0.25) is 4.79 Å². The summed E-state index contributed by atoms with van der Waals surface area (Å²) < 4.78 is 34.4. The topological polar surface area (TPSA) is 79.4 Å². The maximum atomic E-state index is 12.8. The number of nitrogens with one attached hydrogen (secondary N) is 1. The largest absolute Gasteiger partial charge is 0.373 e. The SMILES string of the molecule is CNc1ccc(N2CC(S(=O)(=O)F)CC2=O)cn1. The molecule has 1 aliphatic heterocycles. The minimum Gasteiger partial charge on any atom is -0.373 e. The van der Waals surface area contributed by atoms with Crippen LogP contribution in [-0.4, -0.2) is 38.2 Å². The number of carbonyl (C=O) groups excluding carboxylic acids is 1. The second-order valence-electron chi connectivity index (χ2n) is 3.96. The van der Waals surface area contributed by atoms with E-state index in [4.69, 9.17) is 0 Å². The minimum atomic E-state index is -4.68. The summed E-state index contributed by atoms with van der Waals surface area (Å²) in [5, 5.41) is 1.54. The normalized spacial score (nSPS) is 20.2. The standard InChI is InChI=1S/C10H12FN3O3S/c1-12-9-3-2-7(5-13-9)14-6-8(4-10(14)15)18(11,16)17/h2-3,5,8H,4,6H2,1H3,(H,12,13). The predicted octanol–water partition coefficient (Wildman–Crippen LogP) is 0.528. The molecule has 0 aliphatic carbocycles. The lowest BCUT2D eigenvalue weighted by Crippen LogP contribution is -2.27. The van der Waals surface area contributed by atoms with Crippen LogP contribution >= 0.6 is 0 Å². The van der Waals surface area contributed by atoms with Crippen molar-refractivity contribution in [3.05, 3.63) is 18.3 Å². The Morgan fingerprint density at radius 1 is 1.50 bits per heavy atom. The summed E-state index contributed by atoms with van der Waals surface area (Å²) in [7, 11) is -2.98. The van der Waals surface area contributed by atoms with Crippen molar-refractivity contribution in [1.29, 1.82) is 0 Å². The van der Waals surface area contributed by atoms with E-state index < -0.39 is 21.4 Å². The molecule has 18 heavy (non-hydrogen) atoms. The molecule has 0 radical (unpaired) electrons. The number of anilines is 2. The monoisotopic (exact) mass is 273 g/mol. The number of amides is 1. The van der Waals surface area contributed by atoms with Crippen molar-refractivity contribution >= 4 is 27.6 Å². The third kappa shape index (κ3) is 2.42. The van der Waals surface area contributed by atoms with Crippen LogP contribution in [-0.2, 0) is 15.0 Å². The van der Waals surface area contributed by atoms with Gasteiger partial charge in [0, 0.05) is 20.0 Å². The van der Waals surface area contributed by atoms with Crippen LogP contribution in [0.1, 0.15) is 6.42 Å². The highest BCUT2D eigenvalue weighted by atomic mass is 32.3.